The third kappa shape index (κ3) is 4.57. The summed E-state index contributed by atoms with van der Waals surface area (Å²) in [7, 11) is 1.55. The number of methoxy groups -OCH3 is 1. The van der Waals surface area contributed by atoms with Gasteiger partial charge in [0.05, 0.1) is 17.2 Å². The van der Waals surface area contributed by atoms with Crippen molar-refractivity contribution in [1.29, 1.82) is 0 Å². The highest BCUT2D eigenvalue weighted by atomic mass is 32.2. The lowest BCUT2D eigenvalue weighted by Crippen LogP contribution is -2.31. The van der Waals surface area contributed by atoms with Gasteiger partial charge < -0.3 is 15.4 Å². The van der Waals surface area contributed by atoms with E-state index in [0.29, 0.717) is 30.5 Å². The Morgan fingerprint density at radius 3 is 2.90 bits per heavy atom. The molecule has 29 heavy (non-hydrogen) atoms. The summed E-state index contributed by atoms with van der Waals surface area (Å²) in [5.41, 5.74) is 2.06. The smallest absolute Gasteiger partial charge is 0.273 e. The number of nitrogens with one attached hydrogen (secondary N) is 2. The standard InChI is InChI=1S/C18H21N5O5S/c1-11-12(4-3-5-15(11)23(26)27)18(25)20-17-13-9-29-10-14(13)21-22(17)8-16(24)19-6-7-28-2/h3-5H,6-10H2,1-2H3,(H,19,24)(H,20,25). The Balaban J connectivity index is 1.83. The lowest BCUT2D eigenvalue weighted by Gasteiger charge is -2.12. The summed E-state index contributed by atoms with van der Waals surface area (Å²) in [4.78, 5) is 35.7. The first-order valence-corrected chi connectivity index (χ1v) is 10.0. The van der Waals surface area contributed by atoms with Gasteiger partial charge in [0.15, 0.2) is 0 Å². The van der Waals surface area contributed by atoms with Crippen molar-refractivity contribution in [2.75, 3.05) is 25.6 Å². The third-order valence-electron chi connectivity index (χ3n) is 4.52. The molecule has 2 aromatic rings. The van der Waals surface area contributed by atoms with Gasteiger partial charge in [0, 0.05) is 47.9 Å². The van der Waals surface area contributed by atoms with Gasteiger partial charge in [0.1, 0.15) is 12.4 Å². The van der Waals surface area contributed by atoms with Crippen molar-refractivity contribution in [3.8, 4) is 0 Å². The van der Waals surface area contributed by atoms with Crippen molar-refractivity contribution >= 4 is 35.1 Å². The molecular weight excluding hydrogens is 398 g/mol. The number of nitro groups is 1. The van der Waals surface area contributed by atoms with E-state index >= 15 is 0 Å². The predicted octanol–water partition coefficient (Wildman–Crippen LogP) is 1.86. The number of nitro benzene ring substituents is 1. The number of hydrogen-bond donors (Lipinski definition) is 2. The molecule has 2 N–H and O–H groups in total. The summed E-state index contributed by atoms with van der Waals surface area (Å²) in [6, 6.07) is 4.36. The molecule has 11 heteroatoms. The number of nitrogens with zero attached hydrogens (tertiary/aromatic N) is 3. The maximum Gasteiger partial charge on any atom is 0.273 e. The fourth-order valence-electron chi connectivity index (χ4n) is 3.05. The van der Waals surface area contributed by atoms with Gasteiger partial charge in [0.25, 0.3) is 11.6 Å². The average molecular weight is 419 g/mol. The maximum atomic E-state index is 12.9. The number of fused-ring (bicyclic) bond motifs is 1. The molecular formula is C18H21N5O5S. The summed E-state index contributed by atoms with van der Waals surface area (Å²) < 4.78 is 6.38. The molecule has 1 aromatic heterocycles. The molecule has 3 rings (SSSR count). The van der Waals surface area contributed by atoms with Crippen molar-refractivity contribution < 1.29 is 19.2 Å². The van der Waals surface area contributed by atoms with Crippen LogP contribution in [-0.2, 0) is 27.6 Å². The van der Waals surface area contributed by atoms with E-state index in [2.05, 4.69) is 15.7 Å². The Hall–Kier alpha value is -2.92. The molecule has 1 aliphatic heterocycles. The second kappa shape index (κ2) is 9.05. The second-order valence-corrected chi connectivity index (χ2v) is 7.41. The Morgan fingerprint density at radius 1 is 1.38 bits per heavy atom. The van der Waals surface area contributed by atoms with Gasteiger partial charge in [-0.15, -0.1) is 0 Å². The van der Waals surface area contributed by atoms with Crippen LogP contribution in [0, 0.1) is 17.0 Å². The van der Waals surface area contributed by atoms with E-state index < -0.39 is 10.8 Å². The maximum absolute atomic E-state index is 12.9. The fraction of sp³-hybridized carbons (Fsp3) is 0.389. The van der Waals surface area contributed by atoms with Gasteiger partial charge in [-0.25, -0.2) is 4.68 Å². The molecule has 1 aliphatic rings. The van der Waals surface area contributed by atoms with Gasteiger partial charge in [-0.05, 0) is 13.0 Å². The number of ether oxygens (including phenoxy) is 1. The minimum absolute atomic E-state index is 0.0507. The van der Waals surface area contributed by atoms with E-state index in [1.807, 2.05) is 0 Å². The van der Waals surface area contributed by atoms with E-state index in [0.717, 1.165) is 11.3 Å². The van der Waals surface area contributed by atoms with Crippen LogP contribution >= 0.6 is 11.8 Å². The van der Waals surface area contributed by atoms with Crippen LogP contribution in [-0.4, -0.2) is 46.8 Å². The van der Waals surface area contributed by atoms with Gasteiger partial charge in [-0.1, -0.05) is 6.07 Å². The number of hydrogen-bond acceptors (Lipinski definition) is 7. The monoisotopic (exact) mass is 419 g/mol. The fourth-order valence-corrected chi connectivity index (χ4v) is 4.08. The third-order valence-corrected chi connectivity index (χ3v) is 5.49. The number of thioether (sulfide) groups is 1. The number of aromatic nitrogens is 2. The van der Waals surface area contributed by atoms with Crippen LogP contribution in [0.5, 0.6) is 0 Å². The zero-order valence-corrected chi connectivity index (χ0v) is 16.9. The molecule has 10 nitrogen and oxygen atoms in total. The topological polar surface area (TPSA) is 128 Å². The van der Waals surface area contributed by atoms with Crippen molar-refractivity contribution in [2.24, 2.45) is 0 Å². The minimum Gasteiger partial charge on any atom is -0.383 e. The first kappa shape index (κ1) is 20.8. The molecule has 2 amide bonds. The first-order chi connectivity index (χ1) is 13.9. The van der Waals surface area contributed by atoms with Crippen LogP contribution in [0.15, 0.2) is 18.2 Å². The van der Waals surface area contributed by atoms with Crippen LogP contribution < -0.4 is 10.6 Å². The van der Waals surface area contributed by atoms with Crippen LogP contribution in [0.25, 0.3) is 0 Å². The van der Waals surface area contributed by atoms with Gasteiger partial charge in [-0.2, -0.15) is 16.9 Å². The van der Waals surface area contributed by atoms with Crippen molar-refractivity contribution in [2.45, 2.75) is 25.0 Å². The van der Waals surface area contributed by atoms with E-state index in [9.17, 15) is 19.7 Å². The van der Waals surface area contributed by atoms with E-state index in [4.69, 9.17) is 4.74 Å². The highest BCUT2D eigenvalue weighted by Crippen LogP contribution is 2.35. The number of carbonyl (C=O) groups excluding carboxylic acids is 2. The first-order valence-electron chi connectivity index (χ1n) is 8.89. The molecule has 2 heterocycles. The van der Waals surface area contributed by atoms with E-state index in [1.165, 1.54) is 29.8 Å². The Kier molecular flexibility index (Phi) is 6.49. The highest BCUT2D eigenvalue weighted by molar-refractivity contribution is 7.98. The number of amides is 2. The van der Waals surface area contributed by atoms with Gasteiger partial charge in [0.2, 0.25) is 5.91 Å². The van der Waals surface area contributed by atoms with Gasteiger partial charge in [-0.3, -0.25) is 19.7 Å². The molecule has 0 fully saturated rings. The number of benzene rings is 1. The molecule has 1 aromatic carbocycles. The lowest BCUT2D eigenvalue weighted by atomic mass is 10.1. The zero-order valence-electron chi connectivity index (χ0n) is 16.1. The zero-order chi connectivity index (χ0) is 21.0. The summed E-state index contributed by atoms with van der Waals surface area (Å²) in [6.07, 6.45) is 0. The number of rotatable bonds is 8. The van der Waals surface area contributed by atoms with Crippen molar-refractivity contribution in [3.05, 3.63) is 50.7 Å². The van der Waals surface area contributed by atoms with Crippen LogP contribution in [0.1, 0.15) is 27.2 Å². The Bertz CT molecular complexity index is 958. The highest BCUT2D eigenvalue weighted by Gasteiger charge is 2.26. The molecule has 0 bridgehead atoms. The molecule has 0 saturated heterocycles. The van der Waals surface area contributed by atoms with Crippen LogP contribution in [0.3, 0.4) is 0 Å². The number of carbonyl (C=O) groups is 2. The van der Waals surface area contributed by atoms with Crippen LogP contribution in [0.2, 0.25) is 0 Å². The quantitative estimate of drug-likeness (QED) is 0.380. The molecule has 154 valence electrons. The largest absolute Gasteiger partial charge is 0.383 e. The summed E-state index contributed by atoms with van der Waals surface area (Å²) in [5.74, 6) is 1.09. The molecule has 0 saturated carbocycles. The molecule has 0 radical (unpaired) electrons. The normalized spacial score (nSPS) is 12.5. The molecule has 0 spiro atoms. The van der Waals surface area contributed by atoms with Crippen molar-refractivity contribution in [1.82, 2.24) is 15.1 Å². The van der Waals surface area contributed by atoms with Crippen LogP contribution in [0.4, 0.5) is 11.5 Å². The Morgan fingerprint density at radius 2 is 2.17 bits per heavy atom. The number of anilines is 1. The lowest BCUT2D eigenvalue weighted by molar-refractivity contribution is -0.385. The van der Waals surface area contributed by atoms with E-state index in [-0.39, 0.29) is 29.3 Å². The van der Waals surface area contributed by atoms with Crippen molar-refractivity contribution in [3.63, 3.8) is 0 Å². The second-order valence-electron chi connectivity index (χ2n) is 6.43. The summed E-state index contributed by atoms with van der Waals surface area (Å²) >= 11 is 1.67. The predicted molar refractivity (Wildman–Crippen MR) is 108 cm³/mol. The molecule has 0 unspecified atom stereocenters. The Labute approximate surface area is 171 Å². The average Bonchev–Trinajstić information content (AvgIpc) is 3.24. The summed E-state index contributed by atoms with van der Waals surface area (Å²) in [6.45, 7) is 2.26. The van der Waals surface area contributed by atoms with E-state index in [1.54, 1.807) is 18.9 Å². The summed E-state index contributed by atoms with van der Waals surface area (Å²) in [5, 5.41) is 21.1. The SMILES string of the molecule is COCCNC(=O)Cn1nc2c(c1NC(=O)c1cccc([N+](=O)[O-])c1C)CSC2. The molecule has 0 atom stereocenters. The molecule has 0 aliphatic carbocycles. The van der Waals surface area contributed by atoms with Gasteiger partial charge >= 0.3 is 0 Å². The minimum atomic E-state index is -0.519.